The summed E-state index contributed by atoms with van der Waals surface area (Å²) in [5, 5.41) is 2.50. The van der Waals surface area contributed by atoms with Gasteiger partial charge >= 0.3 is 0 Å². The third-order valence-electron chi connectivity index (χ3n) is 4.12. The quantitative estimate of drug-likeness (QED) is 0.794. The number of halogens is 2. The number of amides is 1. The minimum Gasteiger partial charge on any atom is -0.593 e. The van der Waals surface area contributed by atoms with Crippen LogP contribution in [-0.2, 0) is 11.4 Å². The first-order valence-corrected chi connectivity index (χ1v) is 9.22. The predicted molar refractivity (Wildman–Crippen MR) is 92.6 cm³/mol. The molecule has 1 amide bonds. The van der Waals surface area contributed by atoms with Crippen LogP contribution < -0.4 is 10.0 Å². The van der Waals surface area contributed by atoms with Gasteiger partial charge in [-0.3, -0.25) is 4.79 Å². The van der Waals surface area contributed by atoms with Gasteiger partial charge in [-0.25, -0.2) is 8.78 Å². The molecule has 1 saturated carbocycles. The minimum atomic E-state index is -1.39. The highest BCUT2D eigenvalue weighted by molar-refractivity contribution is 7.89. The summed E-state index contributed by atoms with van der Waals surface area (Å²) in [6.45, 7) is 0. The van der Waals surface area contributed by atoms with Crippen molar-refractivity contribution in [3.63, 3.8) is 0 Å². The maximum absolute atomic E-state index is 13.2. The van der Waals surface area contributed by atoms with Crippen LogP contribution in [0.2, 0.25) is 0 Å². The molecule has 1 aliphatic rings. The Labute approximate surface area is 147 Å². The second-order valence-electron chi connectivity index (χ2n) is 5.98. The van der Waals surface area contributed by atoms with E-state index in [0.29, 0.717) is 10.5 Å². The van der Waals surface area contributed by atoms with Crippen LogP contribution in [0.3, 0.4) is 0 Å². The molecule has 1 atom stereocenters. The minimum absolute atomic E-state index is 0.152. The SMILES string of the molecule is O=C(Nc1ccc(F)c(F)c1)c1cccc([S+]([O-])NC2CCCC2)c1. The Bertz CT molecular complexity index is 766. The van der Waals surface area contributed by atoms with Gasteiger partial charge in [-0.15, -0.1) is 4.72 Å². The van der Waals surface area contributed by atoms with Crippen molar-refractivity contribution in [3.8, 4) is 0 Å². The maximum Gasteiger partial charge on any atom is 0.255 e. The van der Waals surface area contributed by atoms with Crippen LogP contribution in [0.15, 0.2) is 47.4 Å². The van der Waals surface area contributed by atoms with Crippen molar-refractivity contribution in [2.75, 3.05) is 5.32 Å². The topological polar surface area (TPSA) is 64.2 Å². The van der Waals surface area contributed by atoms with Crippen LogP contribution in [0.4, 0.5) is 14.5 Å². The van der Waals surface area contributed by atoms with E-state index in [1.807, 2.05) is 0 Å². The third kappa shape index (κ3) is 4.56. The number of rotatable bonds is 5. The Morgan fingerprint density at radius 1 is 1.08 bits per heavy atom. The van der Waals surface area contributed by atoms with Gasteiger partial charge < -0.3 is 9.87 Å². The Morgan fingerprint density at radius 3 is 2.56 bits per heavy atom. The average molecular weight is 364 g/mol. The molecule has 132 valence electrons. The Hall–Kier alpha value is -1.96. The maximum atomic E-state index is 13.2. The van der Waals surface area contributed by atoms with Crippen molar-refractivity contribution in [1.82, 2.24) is 4.72 Å². The predicted octanol–water partition coefficient (Wildman–Crippen LogP) is 3.77. The molecule has 3 rings (SSSR count). The lowest BCUT2D eigenvalue weighted by Gasteiger charge is -2.15. The highest BCUT2D eigenvalue weighted by Gasteiger charge is 2.22. The number of anilines is 1. The van der Waals surface area contributed by atoms with Gasteiger partial charge in [0.1, 0.15) is 0 Å². The second-order valence-corrected chi connectivity index (χ2v) is 7.22. The standard InChI is InChI=1S/C18H18F2N2O2S/c19-16-9-8-14(11-17(16)20)21-18(23)12-4-3-7-15(10-12)25(24)22-13-5-1-2-6-13/h3-4,7-11,13,22H,1-2,5-6H2,(H,21,23). The van der Waals surface area contributed by atoms with Gasteiger partial charge in [-0.2, -0.15) is 0 Å². The first-order chi connectivity index (χ1) is 12.0. The summed E-state index contributed by atoms with van der Waals surface area (Å²) in [6.07, 6.45) is 4.27. The molecule has 2 aromatic carbocycles. The van der Waals surface area contributed by atoms with E-state index in [4.69, 9.17) is 0 Å². The highest BCUT2D eigenvalue weighted by Crippen LogP contribution is 2.21. The lowest BCUT2D eigenvalue weighted by atomic mass is 10.2. The van der Waals surface area contributed by atoms with Gasteiger partial charge in [0.15, 0.2) is 16.5 Å². The molecule has 0 aliphatic heterocycles. The molecule has 25 heavy (non-hydrogen) atoms. The molecule has 0 radical (unpaired) electrons. The lowest BCUT2D eigenvalue weighted by molar-refractivity contribution is 0.102. The van der Waals surface area contributed by atoms with Gasteiger partial charge in [0.05, 0.1) is 17.4 Å². The molecule has 7 heteroatoms. The molecule has 1 aliphatic carbocycles. The molecular formula is C18H18F2N2O2S. The first kappa shape index (κ1) is 17.8. The Balaban J connectivity index is 1.69. The lowest BCUT2D eigenvalue weighted by Crippen LogP contribution is -2.32. The molecule has 1 fully saturated rings. The Morgan fingerprint density at radius 2 is 1.84 bits per heavy atom. The van der Waals surface area contributed by atoms with Crippen molar-refractivity contribution >= 4 is 23.0 Å². The van der Waals surface area contributed by atoms with Gasteiger partial charge in [0.25, 0.3) is 5.91 Å². The van der Waals surface area contributed by atoms with Crippen LogP contribution in [0.1, 0.15) is 36.0 Å². The largest absolute Gasteiger partial charge is 0.593 e. The Kier molecular flexibility index (Phi) is 5.67. The number of nitrogens with one attached hydrogen (secondary N) is 2. The smallest absolute Gasteiger partial charge is 0.255 e. The van der Waals surface area contributed by atoms with E-state index in [9.17, 15) is 18.1 Å². The van der Waals surface area contributed by atoms with Gasteiger partial charge in [0, 0.05) is 23.4 Å². The van der Waals surface area contributed by atoms with Crippen molar-refractivity contribution in [2.24, 2.45) is 0 Å². The summed E-state index contributed by atoms with van der Waals surface area (Å²) in [6, 6.07) is 9.81. The van der Waals surface area contributed by atoms with E-state index in [0.717, 1.165) is 37.8 Å². The summed E-state index contributed by atoms with van der Waals surface area (Å²) in [5.74, 6) is -2.49. The van der Waals surface area contributed by atoms with Crippen LogP contribution >= 0.6 is 0 Å². The zero-order chi connectivity index (χ0) is 17.8. The van der Waals surface area contributed by atoms with Gasteiger partial charge in [0.2, 0.25) is 0 Å². The average Bonchev–Trinajstić information content (AvgIpc) is 3.11. The number of carbonyl (C=O) groups excluding carboxylic acids is 1. The summed E-state index contributed by atoms with van der Waals surface area (Å²) in [5.41, 5.74) is 0.448. The molecule has 0 bridgehead atoms. The highest BCUT2D eigenvalue weighted by atomic mass is 32.2. The fraction of sp³-hybridized carbons (Fsp3) is 0.278. The van der Waals surface area contributed by atoms with E-state index in [1.165, 1.54) is 12.1 Å². The normalized spacial score (nSPS) is 16.0. The van der Waals surface area contributed by atoms with E-state index in [2.05, 4.69) is 10.0 Å². The molecular weight excluding hydrogens is 346 g/mol. The van der Waals surface area contributed by atoms with Crippen LogP contribution in [0.25, 0.3) is 0 Å². The second kappa shape index (κ2) is 7.95. The zero-order valence-corrected chi connectivity index (χ0v) is 14.2. The fourth-order valence-electron chi connectivity index (χ4n) is 2.79. The number of carbonyl (C=O) groups is 1. The van der Waals surface area contributed by atoms with Gasteiger partial charge in [-0.1, -0.05) is 18.9 Å². The molecule has 0 saturated heterocycles. The van der Waals surface area contributed by atoms with Crippen molar-refractivity contribution < 1.29 is 18.1 Å². The molecule has 2 N–H and O–H groups in total. The molecule has 4 nitrogen and oxygen atoms in total. The monoisotopic (exact) mass is 364 g/mol. The molecule has 0 spiro atoms. The number of hydrogen-bond donors (Lipinski definition) is 2. The van der Waals surface area contributed by atoms with E-state index in [1.54, 1.807) is 18.2 Å². The van der Waals surface area contributed by atoms with Crippen molar-refractivity contribution in [1.29, 1.82) is 0 Å². The number of hydrogen-bond acceptors (Lipinski definition) is 3. The summed E-state index contributed by atoms with van der Waals surface area (Å²) >= 11 is -1.39. The van der Waals surface area contributed by atoms with Crippen molar-refractivity contribution in [2.45, 2.75) is 36.6 Å². The summed E-state index contributed by atoms with van der Waals surface area (Å²) < 4.78 is 41.6. The summed E-state index contributed by atoms with van der Waals surface area (Å²) in [4.78, 5) is 12.8. The van der Waals surface area contributed by atoms with Crippen LogP contribution in [0.5, 0.6) is 0 Å². The van der Waals surface area contributed by atoms with Crippen LogP contribution in [0, 0.1) is 11.6 Å². The molecule has 2 aromatic rings. The molecule has 0 heterocycles. The van der Waals surface area contributed by atoms with Crippen LogP contribution in [-0.4, -0.2) is 16.5 Å². The number of benzene rings is 2. The fourth-order valence-corrected chi connectivity index (χ4v) is 3.90. The van der Waals surface area contributed by atoms with Gasteiger partial charge in [-0.05, 0) is 37.1 Å². The zero-order valence-electron chi connectivity index (χ0n) is 13.4. The van der Waals surface area contributed by atoms with E-state index >= 15 is 0 Å². The van der Waals surface area contributed by atoms with E-state index < -0.39 is 28.9 Å². The third-order valence-corrected chi connectivity index (χ3v) is 5.35. The molecule has 0 aromatic heterocycles. The summed E-state index contributed by atoms with van der Waals surface area (Å²) in [7, 11) is 0. The molecule has 1 unspecified atom stereocenters. The van der Waals surface area contributed by atoms with Crippen molar-refractivity contribution in [3.05, 3.63) is 59.7 Å². The van der Waals surface area contributed by atoms with E-state index in [-0.39, 0.29) is 11.7 Å². The first-order valence-electron chi connectivity index (χ1n) is 8.07.